The molecular formula is C18H20N2O7S. The average molecular weight is 408 g/mol. The Kier molecular flexibility index (Phi) is 6.47. The number of rotatable bonds is 6. The zero-order valence-corrected chi connectivity index (χ0v) is 16.6. The molecule has 2 rings (SSSR count). The summed E-state index contributed by atoms with van der Waals surface area (Å²) in [6, 6.07) is 4.55. The van der Waals surface area contributed by atoms with Crippen LogP contribution >= 0.6 is 0 Å². The molecule has 1 aliphatic rings. The molecule has 0 saturated heterocycles. The van der Waals surface area contributed by atoms with E-state index in [-0.39, 0.29) is 22.7 Å². The van der Waals surface area contributed by atoms with Gasteiger partial charge >= 0.3 is 11.9 Å². The predicted octanol–water partition coefficient (Wildman–Crippen LogP) is 1.56. The van der Waals surface area contributed by atoms with Crippen molar-refractivity contribution in [1.29, 1.82) is 0 Å². The maximum absolute atomic E-state index is 12.4. The summed E-state index contributed by atoms with van der Waals surface area (Å²) >= 11 is 0. The number of carbonyl (C=O) groups is 2. The van der Waals surface area contributed by atoms with E-state index < -0.39 is 22.0 Å². The number of nitrogens with zero attached hydrogens (tertiary/aromatic N) is 1. The normalized spacial score (nSPS) is 13.8. The molecule has 0 unspecified atom stereocenters. The zero-order chi connectivity index (χ0) is 20.9. The molecule has 0 spiro atoms. The minimum Gasteiger partial charge on any atom is -0.494 e. The highest BCUT2D eigenvalue weighted by Crippen LogP contribution is 2.33. The molecule has 0 saturated carbocycles. The summed E-state index contributed by atoms with van der Waals surface area (Å²) in [7, 11) is 0.260. The second-order valence-electron chi connectivity index (χ2n) is 5.57. The van der Waals surface area contributed by atoms with Crippen molar-refractivity contribution in [2.24, 2.45) is 0 Å². The second kappa shape index (κ2) is 8.61. The van der Waals surface area contributed by atoms with Gasteiger partial charge in [0.25, 0.3) is 0 Å². The molecule has 150 valence electrons. The van der Waals surface area contributed by atoms with Crippen LogP contribution in [0.2, 0.25) is 0 Å². The largest absolute Gasteiger partial charge is 0.494 e. The number of hydrogen-bond acceptors (Lipinski definition) is 8. The molecule has 0 amide bonds. The third-order valence-electron chi connectivity index (χ3n) is 3.65. The van der Waals surface area contributed by atoms with Crippen LogP contribution < -0.4 is 14.4 Å². The first-order chi connectivity index (χ1) is 13.2. The summed E-state index contributed by atoms with van der Waals surface area (Å²) < 4.78 is 40.2. The minimum absolute atomic E-state index is 0.00310. The lowest BCUT2D eigenvalue weighted by molar-refractivity contribution is -0.139. The third-order valence-corrected chi connectivity index (χ3v) is 4.24. The molecule has 0 aromatic heterocycles. The number of nitrogens with one attached hydrogen (secondary N) is 1. The van der Waals surface area contributed by atoms with Crippen molar-refractivity contribution in [1.82, 2.24) is 0 Å². The smallest absolute Gasteiger partial charge is 0.355 e. The average Bonchev–Trinajstić information content (AvgIpc) is 2.88. The topological polar surface area (TPSA) is 111 Å². The van der Waals surface area contributed by atoms with Gasteiger partial charge in [-0.25, -0.2) is 18.0 Å². The maximum Gasteiger partial charge on any atom is 0.355 e. The van der Waals surface area contributed by atoms with E-state index in [4.69, 9.17) is 14.2 Å². The molecule has 1 heterocycles. The molecule has 0 bridgehead atoms. The van der Waals surface area contributed by atoms with Crippen LogP contribution in [0.25, 0.3) is 0 Å². The molecule has 0 radical (unpaired) electrons. The lowest BCUT2D eigenvalue weighted by atomic mass is 10.1. The first-order valence-electron chi connectivity index (χ1n) is 7.92. The fourth-order valence-electron chi connectivity index (χ4n) is 2.48. The van der Waals surface area contributed by atoms with E-state index in [1.54, 1.807) is 24.4 Å². The monoisotopic (exact) mass is 408 g/mol. The first-order valence-corrected chi connectivity index (χ1v) is 9.81. The summed E-state index contributed by atoms with van der Waals surface area (Å²) in [4.78, 5) is 26.0. The van der Waals surface area contributed by atoms with Gasteiger partial charge < -0.3 is 19.1 Å². The van der Waals surface area contributed by atoms with E-state index in [1.165, 1.54) is 44.4 Å². The molecular weight excluding hydrogens is 388 g/mol. The van der Waals surface area contributed by atoms with Gasteiger partial charge in [-0.15, -0.1) is 0 Å². The fraction of sp³-hybridized carbons (Fsp3) is 0.222. The summed E-state index contributed by atoms with van der Waals surface area (Å²) in [6.45, 7) is 0. The van der Waals surface area contributed by atoms with Crippen molar-refractivity contribution < 1.29 is 32.2 Å². The van der Waals surface area contributed by atoms with Gasteiger partial charge in [0.15, 0.2) is 0 Å². The number of benzene rings is 1. The zero-order valence-electron chi connectivity index (χ0n) is 15.8. The molecule has 28 heavy (non-hydrogen) atoms. The number of carbonyl (C=O) groups excluding carboxylic acids is 2. The van der Waals surface area contributed by atoms with Crippen LogP contribution in [0.5, 0.6) is 5.75 Å². The Morgan fingerprint density at radius 3 is 2.29 bits per heavy atom. The van der Waals surface area contributed by atoms with Gasteiger partial charge in [-0.2, -0.15) is 0 Å². The van der Waals surface area contributed by atoms with Gasteiger partial charge in [0, 0.05) is 18.0 Å². The Morgan fingerprint density at radius 2 is 1.71 bits per heavy atom. The third kappa shape index (κ3) is 4.71. The molecule has 0 fully saturated rings. The second-order valence-corrected chi connectivity index (χ2v) is 7.32. The van der Waals surface area contributed by atoms with Gasteiger partial charge in [-0.3, -0.25) is 4.72 Å². The molecule has 0 aliphatic carbocycles. The van der Waals surface area contributed by atoms with Gasteiger partial charge in [0.1, 0.15) is 11.4 Å². The number of sulfonamides is 1. The SMILES string of the molecule is COC(=O)C1=C(C(=O)OC)N(c2ccc(NS(C)(=O)=O)c(OC)c2)C=CC=C1. The van der Waals surface area contributed by atoms with Gasteiger partial charge in [-0.1, -0.05) is 6.08 Å². The van der Waals surface area contributed by atoms with Crippen LogP contribution in [0.1, 0.15) is 0 Å². The van der Waals surface area contributed by atoms with Crippen molar-refractivity contribution in [3.8, 4) is 5.75 Å². The Morgan fingerprint density at radius 1 is 1.04 bits per heavy atom. The lowest BCUT2D eigenvalue weighted by Gasteiger charge is -2.24. The number of methoxy groups -OCH3 is 3. The number of hydrogen-bond donors (Lipinski definition) is 1. The van der Waals surface area contributed by atoms with E-state index in [0.717, 1.165) is 6.26 Å². The van der Waals surface area contributed by atoms with Gasteiger partial charge in [0.2, 0.25) is 10.0 Å². The fourth-order valence-corrected chi connectivity index (χ4v) is 3.05. The maximum atomic E-state index is 12.4. The highest BCUT2D eigenvalue weighted by molar-refractivity contribution is 7.92. The highest BCUT2D eigenvalue weighted by Gasteiger charge is 2.28. The molecule has 1 aromatic carbocycles. The standard InChI is InChI=1S/C18H20N2O7S/c1-25-15-11-12(8-9-14(15)19-28(4,23)24)20-10-6-5-7-13(17(21)26-2)16(20)18(22)27-3/h5-11,19H,1-4H3. The van der Waals surface area contributed by atoms with Crippen molar-refractivity contribution in [2.45, 2.75) is 0 Å². The Hall–Kier alpha value is -3.27. The van der Waals surface area contributed by atoms with Crippen LogP contribution in [-0.4, -0.2) is 47.9 Å². The van der Waals surface area contributed by atoms with Crippen molar-refractivity contribution in [2.75, 3.05) is 37.2 Å². The molecule has 1 aliphatic heterocycles. The summed E-state index contributed by atoms with van der Waals surface area (Å²) in [6.07, 6.45) is 7.20. The molecule has 1 N–H and O–H groups in total. The van der Waals surface area contributed by atoms with E-state index in [1.807, 2.05) is 0 Å². The first kappa shape index (κ1) is 21.0. The van der Waals surface area contributed by atoms with Crippen molar-refractivity contribution >= 4 is 33.3 Å². The van der Waals surface area contributed by atoms with Crippen molar-refractivity contribution in [3.63, 3.8) is 0 Å². The minimum atomic E-state index is -3.52. The summed E-state index contributed by atoms with van der Waals surface area (Å²) in [5.74, 6) is -1.25. The van der Waals surface area contributed by atoms with E-state index in [0.29, 0.717) is 5.69 Å². The molecule has 10 heteroatoms. The van der Waals surface area contributed by atoms with Gasteiger partial charge in [-0.05, 0) is 24.3 Å². The predicted molar refractivity (Wildman–Crippen MR) is 103 cm³/mol. The summed E-state index contributed by atoms with van der Waals surface area (Å²) in [5, 5.41) is 0. The quantitative estimate of drug-likeness (QED) is 0.706. The van der Waals surface area contributed by atoms with Gasteiger partial charge in [0.05, 0.1) is 38.8 Å². The highest BCUT2D eigenvalue weighted by atomic mass is 32.2. The molecule has 9 nitrogen and oxygen atoms in total. The Bertz CT molecular complexity index is 978. The van der Waals surface area contributed by atoms with E-state index in [2.05, 4.69) is 4.72 Å². The summed E-state index contributed by atoms with van der Waals surface area (Å²) in [5.41, 5.74) is 0.585. The van der Waals surface area contributed by atoms with Crippen LogP contribution in [-0.2, 0) is 29.1 Å². The van der Waals surface area contributed by atoms with Crippen molar-refractivity contribution in [3.05, 3.63) is 53.9 Å². The number of esters is 2. The Labute approximate surface area is 162 Å². The number of allylic oxidation sites excluding steroid dienone is 2. The number of anilines is 2. The van der Waals surface area contributed by atoms with E-state index in [9.17, 15) is 18.0 Å². The van der Waals surface area contributed by atoms with E-state index >= 15 is 0 Å². The van der Waals surface area contributed by atoms with Crippen LogP contribution in [0.3, 0.4) is 0 Å². The molecule has 1 aromatic rings. The lowest BCUT2D eigenvalue weighted by Crippen LogP contribution is -2.27. The van der Waals surface area contributed by atoms with Crippen LogP contribution in [0.15, 0.2) is 53.9 Å². The molecule has 0 atom stereocenters. The van der Waals surface area contributed by atoms with Crippen LogP contribution in [0.4, 0.5) is 11.4 Å². The number of ether oxygens (including phenoxy) is 3. The Balaban J connectivity index is 2.63. The van der Waals surface area contributed by atoms with Crippen LogP contribution in [0, 0.1) is 0 Å².